The fourth-order valence-electron chi connectivity index (χ4n) is 2.28. The molecule has 0 aliphatic heterocycles. The molecule has 7 heteroatoms. The SMILES string of the molecule is O=C(Oc1ccc(/C=N\NC(=O)c2ccccc2I)cc1)c1ccccc1Cl. The first-order valence-corrected chi connectivity index (χ1v) is 9.65. The summed E-state index contributed by atoms with van der Waals surface area (Å²) in [5.41, 5.74) is 4.08. The Hall–Kier alpha value is -2.71. The minimum Gasteiger partial charge on any atom is -0.423 e. The number of halogens is 2. The Balaban J connectivity index is 1.59. The van der Waals surface area contributed by atoms with Gasteiger partial charge in [0.2, 0.25) is 0 Å². The number of benzene rings is 3. The topological polar surface area (TPSA) is 67.8 Å². The lowest BCUT2D eigenvalue weighted by molar-refractivity contribution is 0.0734. The Morgan fingerprint density at radius 2 is 1.57 bits per heavy atom. The van der Waals surface area contributed by atoms with Gasteiger partial charge in [0.05, 0.1) is 22.4 Å². The molecule has 1 amide bonds. The maximum atomic E-state index is 12.1. The van der Waals surface area contributed by atoms with Crippen LogP contribution in [-0.4, -0.2) is 18.1 Å². The van der Waals surface area contributed by atoms with E-state index in [1.165, 1.54) is 6.21 Å². The van der Waals surface area contributed by atoms with Gasteiger partial charge in [-0.05, 0) is 76.7 Å². The highest BCUT2D eigenvalue weighted by molar-refractivity contribution is 14.1. The predicted octanol–water partition coefficient (Wildman–Crippen LogP) is 4.93. The second kappa shape index (κ2) is 9.48. The number of hydrogen-bond donors (Lipinski definition) is 1. The van der Waals surface area contributed by atoms with E-state index < -0.39 is 5.97 Å². The van der Waals surface area contributed by atoms with Crippen molar-refractivity contribution in [3.8, 4) is 5.75 Å². The summed E-state index contributed by atoms with van der Waals surface area (Å²) in [5, 5.41) is 4.29. The van der Waals surface area contributed by atoms with Crippen LogP contribution in [0.4, 0.5) is 0 Å². The molecule has 0 spiro atoms. The number of nitrogens with one attached hydrogen (secondary N) is 1. The number of nitrogens with zero attached hydrogens (tertiary/aromatic N) is 1. The van der Waals surface area contributed by atoms with Gasteiger partial charge in [0.1, 0.15) is 5.75 Å². The summed E-state index contributed by atoms with van der Waals surface area (Å²) in [7, 11) is 0. The van der Waals surface area contributed by atoms with Crippen LogP contribution in [-0.2, 0) is 0 Å². The fraction of sp³-hybridized carbons (Fsp3) is 0. The van der Waals surface area contributed by atoms with Crippen molar-refractivity contribution in [3.05, 3.63) is 98.1 Å². The number of carbonyl (C=O) groups excluding carboxylic acids is 2. The zero-order valence-electron chi connectivity index (χ0n) is 14.4. The molecule has 3 aromatic rings. The Labute approximate surface area is 180 Å². The van der Waals surface area contributed by atoms with Gasteiger partial charge in [-0.3, -0.25) is 4.79 Å². The van der Waals surface area contributed by atoms with Gasteiger partial charge in [-0.25, -0.2) is 10.2 Å². The van der Waals surface area contributed by atoms with Crippen molar-refractivity contribution in [2.75, 3.05) is 0 Å². The molecular formula is C21H14ClIN2O3. The largest absolute Gasteiger partial charge is 0.423 e. The zero-order valence-corrected chi connectivity index (χ0v) is 17.3. The first kappa shape index (κ1) is 20.0. The average molecular weight is 505 g/mol. The van der Waals surface area contributed by atoms with Crippen LogP contribution in [0.25, 0.3) is 0 Å². The van der Waals surface area contributed by atoms with E-state index in [-0.39, 0.29) is 5.91 Å². The Morgan fingerprint density at radius 1 is 0.929 bits per heavy atom. The summed E-state index contributed by atoms with van der Waals surface area (Å²) in [6, 6.07) is 20.6. The first-order valence-electron chi connectivity index (χ1n) is 8.19. The minimum atomic E-state index is -0.531. The third kappa shape index (κ3) is 5.17. The summed E-state index contributed by atoms with van der Waals surface area (Å²) in [6.07, 6.45) is 1.51. The molecule has 0 saturated carbocycles. The normalized spacial score (nSPS) is 10.6. The number of carbonyl (C=O) groups is 2. The van der Waals surface area contributed by atoms with E-state index in [4.69, 9.17) is 16.3 Å². The molecular weight excluding hydrogens is 491 g/mol. The van der Waals surface area contributed by atoms with Crippen molar-refractivity contribution in [1.82, 2.24) is 5.43 Å². The van der Waals surface area contributed by atoms with Gasteiger partial charge in [-0.15, -0.1) is 0 Å². The second-order valence-electron chi connectivity index (χ2n) is 5.62. The summed E-state index contributed by atoms with van der Waals surface area (Å²) >= 11 is 8.09. The van der Waals surface area contributed by atoms with Crippen LogP contribution < -0.4 is 10.2 Å². The third-order valence-corrected chi connectivity index (χ3v) is 4.95. The quantitative estimate of drug-likeness (QED) is 0.176. The fourth-order valence-corrected chi connectivity index (χ4v) is 3.13. The van der Waals surface area contributed by atoms with E-state index in [1.807, 2.05) is 12.1 Å². The molecule has 0 aromatic heterocycles. The minimum absolute atomic E-state index is 0.286. The predicted molar refractivity (Wildman–Crippen MR) is 117 cm³/mol. The van der Waals surface area contributed by atoms with Crippen LogP contribution >= 0.6 is 34.2 Å². The Kier molecular flexibility index (Phi) is 6.78. The van der Waals surface area contributed by atoms with E-state index in [9.17, 15) is 9.59 Å². The van der Waals surface area contributed by atoms with Gasteiger partial charge < -0.3 is 4.74 Å². The average Bonchev–Trinajstić information content (AvgIpc) is 2.70. The molecule has 0 radical (unpaired) electrons. The number of amides is 1. The number of hydrazone groups is 1. The van der Waals surface area contributed by atoms with Crippen LogP contribution in [0.2, 0.25) is 5.02 Å². The molecule has 140 valence electrons. The first-order chi connectivity index (χ1) is 13.5. The van der Waals surface area contributed by atoms with Crippen LogP contribution in [0.1, 0.15) is 26.3 Å². The molecule has 0 atom stereocenters. The second-order valence-corrected chi connectivity index (χ2v) is 7.19. The highest BCUT2D eigenvalue weighted by Crippen LogP contribution is 2.19. The lowest BCUT2D eigenvalue weighted by atomic mass is 10.2. The molecule has 5 nitrogen and oxygen atoms in total. The van der Waals surface area contributed by atoms with Gasteiger partial charge >= 0.3 is 5.97 Å². The summed E-state index contributed by atoms with van der Waals surface area (Å²) in [5.74, 6) is -0.437. The van der Waals surface area contributed by atoms with Crippen molar-refractivity contribution in [2.24, 2.45) is 5.10 Å². The van der Waals surface area contributed by atoms with Crippen molar-refractivity contribution in [1.29, 1.82) is 0 Å². The standard InChI is InChI=1S/C21H14ClIN2O3/c22-18-7-3-1-5-16(18)21(27)28-15-11-9-14(10-12-15)13-24-25-20(26)17-6-2-4-8-19(17)23/h1-13H,(H,25,26)/b24-13-. The van der Waals surface area contributed by atoms with E-state index >= 15 is 0 Å². The van der Waals surface area contributed by atoms with E-state index in [2.05, 4.69) is 33.1 Å². The highest BCUT2D eigenvalue weighted by Gasteiger charge is 2.12. The van der Waals surface area contributed by atoms with E-state index in [0.29, 0.717) is 21.9 Å². The molecule has 0 heterocycles. The van der Waals surface area contributed by atoms with Gasteiger partial charge in [-0.2, -0.15) is 5.10 Å². The molecule has 1 N–H and O–H groups in total. The zero-order chi connectivity index (χ0) is 19.9. The summed E-state index contributed by atoms with van der Waals surface area (Å²) < 4.78 is 6.16. The van der Waals surface area contributed by atoms with Gasteiger partial charge in [0.25, 0.3) is 5.91 Å². The maximum Gasteiger partial charge on any atom is 0.345 e. The summed E-state index contributed by atoms with van der Waals surface area (Å²) in [4.78, 5) is 24.2. The Bertz CT molecular complexity index is 1040. The van der Waals surface area contributed by atoms with Crippen molar-refractivity contribution in [2.45, 2.75) is 0 Å². The maximum absolute atomic E-state index is 12.1. The third-order valence-electron chi connectivity index (χ3n) is 3.68. The molecule has 0 bridgehead atoms. The monoisotopic (exact) mass is 504 g/mol. The Morgan fingerprint density at radius 3 is 2.25 bits per heavy atom. The van der Waals surface area contributed by atoms with E-state index in [1.54, 1.807) is 60.7 Å². The van der Waals surface area contributed by atoms with Crippen molar-refractivity contribution >= 4 is 52.3 Å². The lowest BCUT2D eigenvalue weighted by Gasteiger charge is -2.06. The van der Waals surface area contributed by atoms with E-state index in [0.717, 1.165) is 9.13 Å². The molecule has 0 aliphatic carbocycles. The molecule has 0 fully saturated rings. The van der Waals surface area contributed by atoms with Crippen LogP contribution in [0.15, 0.2) is 77.9 Å². The number of ether oxygens (including phenoxy) is 1. The molecule has 3 aromatic carbocycles. The van der Waals surface area contributed by atoms with Crippen LogP contribution in [0.3, 0.4) is 0 Å². The lowest BCUT2D eigenvalue weighted by Crippen LogP contribution is -2.18. The van der Waals surface area contributed by atoms with Crippen LogP contribution in [0, 0.1) is 3.57 Å². The molecule has 3 rings (SSSR count). The highest BCUT2D eigenvalue weighted by atomic mass is 127. The number of esters is 1. The van der Waals surface area contributed by atoms with Gasteiger partial charge in [0.15, 0.2) is 0 Å². The van der Waals surface area contributed by atoms with Gasteiger partial charge in [-0.1, -0.05) is 35.9 Å². The molecule has 0 unspecified atom stereocenters. The smallest absolute Gasteiger partial charge is 0.345 e. The number of rotatable bonds is 5. The van der Waals surface area contributed by atoms with Crippen LogP contribution in [0.5, 0.6) is 5.75 Å². The molecule has 0 aliphatic rings. The molecule has 28 heavy (non-hydrogen) atoms. The molecule has 0 saturated heterocycles. The van der Waals surface area contributed by atoms with Crippen molar-refractivity contribution in [3.63, 3.8) is 0 Å². The van der Waals surface area contributed by atoms with Crippen molar-refractivity contribution < 1.29 is 14.3 Å². The summed E-state index contributed by atoms with van der Waals surface area (Å²) in [6.45, 7) is 0. The number of hydrogen-bond acceptors (Lipinski definition) is 4. The van der Waals surface area contributed by atoms with Gasteiger partial charge in [0, 0.05) is 3.57 Å².